The van der Waals surface area contributed by atoms with Crippen molar-refractivity contribution in [1.29, 1.82) is 0 Å². The van der Waals surface area contributed by atoms with Crippen LogP contribution in [0.1, 0.15) is 36.3 Å². The van der Waals surface area contributed by atoms with Gasteiger partial charge in [0.15, 0.2) is 0 Å². The second-order valence-electron chi connectivity index (χ2n) is 7.69. The Morgan fingerprint density at radius 1 is 1.00 bits per heavy atom. The van der Waals surface area contributed by atoms with Crippen LogP contribution in [0.2, 0.25) is 0 Å². The van der Waals surface area contributed by atoms with Crippen LogP contribution in [-0.2, 0) is 9.53 Å². The van der Waals surface area contributed by atoms with Gasteiger partial charge in [-0.05, 0) is 41.5 Å². The number of benzene rings is 2. The Hall–Kier alpha value is -2.82. The van der Waals surface area contributed by atoms with Gasteiger partial charge in [-0.3, -0.25) is 4.79 Å². The molecule has 138 valence electrons. The predicted molar refractivity (Wildman–Crippen MR) is 99.5 cm³/mol. The van der Waals surface area contributed by atoms with Gasteiger partial charge in [0.05, 0.1) is 12.0 Å². The standard InChI is InChI=1S/C22H21NO4/c24-21(25)18-10-9-13-11-20(18)23(13)22(26)27-12-19-16-7-3-1-5-14(16)15-6-2-4-8-17(15)19/h1-8,13,18-20H,9-12H2,(H,24,25). The minimum atomic E-state index is -0.811. The maximum Gasteiger partial charge on any atom is 0.410 e. The molecule has 2 aromatic rings. The van der Waals surface area contributed by atoms with Crippen LogP contribution in [0.5, 0.6) is 0 Å². The first-order valence-electron chi connectivity index (χ1n) is 9.51. The molecule has 3 atom stereocenters. The van der Waals surface area contributed by atoms with Gasteiger partial charge in [-0.1, -0.05) is 48.5 Å². The molecule has 0 spiro atoms. The number of piperidine rings is 1. The van der Waals surface area contributed by atoms with Gasteiger partial charge < -0.3 is 14.7 Å². The summed E-state index contributed by atoms with van der Waals surface area (Å²) in [6, 6.07) is 16.4. The van der Waals surface area contributed by atoms with E-state index in [0.717, 1.165) is 12.8 Å². The van der Waals surface area contributed by atoms with Crippen LogP contribution in [0, 0.1) is 5.92 Å². The number of aliphatic carboxylic acids is 1. The Labute approximate surface area is 157 Å². The molecule has 2 aliphatic carbocycles. The van der Waals surface area contributed by atoms with Crippen LogP contribution >= 0.6 is 0 Å². The molecule has 0 radical (unpaired) electrons. The number of nitrogens with zero attached hydrogens (tertiary/aromatic N) is 1. The summed E-state index contributed by atoms with van der Waals surface area (Å²) in [5, 5.41) is 9.38. The molecule has 2 bridgehead atoms. The first-order valence-corrected chi connectivity index (χ1v) is 9.51. The Kier molecular flexibility index (Phi) is 3.71. The third kappa shape index (κ3) is 2.45. The lowest BCUT2D eigenvalue weighted by molar-refractivity contribution is -0.152. The van der Waals surface area contributed by atoms with Crippen molar-refractivity contribution in [2.45, 2.75) is 37.3 Å². The average Bonchev–Trinajstić information content (AvgIpc) is 3.00. The van der Waals surface area contributed by atoms with Crippen molar-refractivity contribution in [3.8, 4) is 11.1 Å². The molecule has 2 aliphatic heterocycles. The summed E-state index contributed by atoms with van der Waals surface area (Å²) in [4.78, 5) is 25.8. The highest BCUT2D eigenvalue weighted by Crippen LogP contribution is 2.45. The van der Waals surface area contributed by atoms with Crippen LogP contribution in [0.15, 0.2) is 48.5 Å². The number of amides is 1. The first kappa shape index (κ1) is 16.4. The summed E-state index contributed by atoms with van der Waals surface area (Å²) in [6.07, 6.45) is 1.81. The maximum atomic E-state index is 12.7. The van der Waals surface area contributed by atoms with E-state index in [1.165, 1.54) is 22.3 Å². The number of ether oxygens (including phenoxy) is 1. The fraction of sp³-hybridized carbons (Fsp3) is 0.364. The lowest BCUT2D eigenvalue weighted by Crippen LogP contribution is -2.65. The van der Waals surface area contributed by atoms with Gasteiger partial charge in [0.25, 0.3) is 0 Å². The SMILES string of the molecule is O=C(O)C1CCC2CC1N2C(=O)OCC1c2ccccc2-c2ccccc21. The van der Waals surface area contributed by atoms with E-state index in [4.69, 9.17) is 4.74 Å². The Bertz CT molecular complexity index is 877. The van der Waals surface area contributed by atoms with E-state index in [1.54, 1.807) is 4.90 Å². The van der Waals surface area contributed by atoms with Gasteiger partial charge in [0.1, 0.15) is 6.61 Å². The second-order valence-corrected chi connectivity index (χ2v) is 7.69. The molecule has 27 heavy (non-hydrogen) atoms. The van der Waals surface area contributed by atoms with Crippen LogP contribution < -0.4 is 0 Å². The van der Waals surface area contributed by atoms with Gasteiger partial charge in [-0.15, -0.1) is 0 Å². The summed E-state index contributed by atoms with van der Waals surface area (Å²) in [5.41, 5.74) is 4.75. The number of carboxylic acids is 1. The molecule has 0 aromatic heterocycles. The maximum absolute atomic E-state index is 12.7. The van der Waals surface area contributed by atoms with Gasteiger partial charge >= 0.3 is 12.1 Å². The van der Waals surface area contributed by atoms with Crippen molar-refractivity contribution in [2.75, 3.05) is 6.61 Å². The van der Waals surface area contributed by atoms with E-state index in [0.29, 0.717) is 6.42 Å². The summed E-state index contributed by atoms with van der Waals surface area (Å²) in [6.45, 7) is 0.278. The van der Waals surface area contributed by atoms with Gasteiger partial charge in [0, 0.05) is 12.0 Å². The Morgan fingerprint density at radius 3 is 2.22 bits per heavy atom. The highest BCUT2D eigenvalue weighted by atomic mass is 16.6. The number of rotatable bonds is 3. The van der Waals surface area contributed by atoms with E-state index >= 15 is 0 Å². The highest BCUT2D eigenvalue weighted by molar-refractivity contribution is 5.79. The van der Waals surface area contributed by atoms with Gasteiger partial charge in [0.2, 0.25) is 0 Å². The number of carbonyl (C=O) groups excluding carboxylic acids is 1. The van der Waals surface area contributed by atoms with E-state index in [9.17, 15) is 14.7 Å². The monoisotopic (exact) mass is 363 g/mol. The zero-order valence-electron chi connectivity index (χ0n) is 14.9. The molecule has 2 saturated heterocycles. The molecule has 2 heterocycles. The smallest absolute Gasteiger partial charge is 0.410 e. The Balaban J connectivity index is 1.34. The van der Waals surface area contributed by atoms with Crippen LogP contribution in [0.4, 0.5) is 4.79 Å². The minimum Gasteiger partial charge on any atom is -0.481 e. The molecule has 1 saturated carbocycles. The third-order valence-electron chi connectivity index (χ3n) is 6.40. The molecule has 3 unspecified atom stereocenters. The van der Waals surface area contributed by atoms with Crippen molar-refractivity contribution >= 4 is 12.1 Å². The average molecular weight is 363 g/mol. The van der Waals surface area contributed by atoms with E-state index < -0.39 is 11.9 Å². The quantitative estimate of drug-likeness (QED) is 0.899. The predicted octanol–water partition coefficient (Wildman–Crippen LogP) is 3.87. The lowest BCUT2D eigenvalue weighted by atomic mass is 9.73. The molecular formula is C22H21NO4. The van der Waals surface area contributed by atoms with E-state index in [2.05, 4.69) is 24.3 Å². The fourth-order valence-corrected chi connectivity index (χ4v) is 5.06. The molecule has 5 heteroatoms. The second kappa shape index (κ2) is 6.12. The normalized spacial score (nSPS) is 25.3. The number of carboxylic acid groups (broad SMARTS) is 1. The molecule has 1 amide bonds. The fourth-order valence-electron chi connectivity index (χ4n) is 5.06. The molecular weight excluding hydrogens is 342 g/mol. The third-order valence-corrected chi connectivity index (χ3v) is 6.40. The zero-order chi connectivity index (χ0) is 18.5. The molecule has 5 nitrogen and oxygen atoms in total. The molecule has 2 aromatic carbocycles. The van der Waals surface area contributed by atoms with Crippen molar-refractivity contribution in [3.05, 3.63) is 59.7 Å². The summed E-state index contributed by atoms with van der Waals surface area (Å²) in [5.74, 6) is -1.25. The van der Waals surface area contributed by atoms with Crippen molar-refractivity contribution in [2.24, 2.45) is 5.92 Å². The number of fused-ring (bicyclic) bond motifs is 5. The Morgan fingerprint density at radius 2 is 1.63 bits per heavy atom. The molecule has 6 rings (SSSR count). The number of hydrogen-bond donors (Lipinski definition) is 1. The first-order chi connectivity index (χ1) is 13.1. The summed E-state index contributed by atoms with van der Waals surface area (Å²) >= 11 is 0. The van der Waals surface area contributed by atoms with Crippen molar-refractivity contribution in [1.82, 2.24) is 4.90 Å². The van der Waals surface area contributed by atoms with Gasteiger partial charge in [-0.25, -0.2) is 4.79 Å². The van der Waals surface area contributed by atoms with Crippen LogP contribution in [0.25, 0.3) is 11.1 Å². The van der Waals surface area contributed by atoms with Gasteiger partial charge in [-0.2, -0.15) is 0 Å². The topological polar surface area (TPSA) is 66.8 Å². The van der Waals surface area contributed by atoms with Crippen LogP contribution in [0.3, 0.4) is 0 Å². The minimum absolute atomic E-state index is 0.0257. The van der Waals surface area contributed by atoms with Crippen molar-refractivity contribution < 1.29 is 19.4 Å². The summed E-state index contributed by atoms with van der Waals surface area (Å²) < 4.78 is 5.70. The number of hydrogen-bond acceptors (Lipinski definition) is 3. The lowest BCUT2D eigenvalue weighted by Gasteiger charge is -2.54. The largest absolute Gasteiger partial charge is 0.481 e. The molecule has 1 N–H and O–H groups in total. The van der Waals surface area contributed by atoms with E-state index in [1.807, 2.05) is 24.3 Å². The number of carbonyl (C=O) groups is 2. The summed E-state index contributed by atoms with van der Waals surface area (Å²) in [7, 11) is 0. The van der Waals surface area contributed by atoms with Crippen LogP contribution in [-0.4, -0.2) is 40.8 Å². The zero-order valence-corrected chi connectivity index (χ0v) is 14.9. The molecule has 4 aliphatic rings. The highest BCUT2D eigenvalue weighted by Gasteiger charge is 2.52. The van der Waals surface area contributed by atoms with Crippen molar-refractivity contribution in [3.63, 3.8) is 0 Å². The molecule has 3 fully saturated rings. The van der Waals surface area contributed by atoms with E-state index in [-0.39, 0.29) is 30.7 Å².